The van der Waals surface area contributed by atoms with Gasteiger partial charge >= 0.3 is 6.09 Å². The summed E-state index contributed by atoms with van der Waals surface area (Å²) in [6.07, 6.45) is 3.15. The maximum absolute atomic E-state index is 10.3. The zero-order chi connectivity index (χ0) is 7.82. The molecule has 0 aliphatic carbocycles. The molecule has 10 heavy (non-hydrogen) atoms. The van der Waals surface area contributed by atoms with Crippen LogP contribution in [-0.4, -0.2) is 12.4 Å². The minimum atomic E-state index is -0.673. The molecule has 0 aromatic carbocycles. The first-order valence-corrected chi connectivity index (χ1v) is 2.49. The normalized spacial score (nSPS) is 8.80. The van der Waals surface area contributed by atoms with E-state index in [1.807, 2.05) is 0 Å². The quantitative estimate of drug-likeness (QED) is 0.355. The molecule has 0 bridgehead atoms. The predicted molar refractivity (Wildman–Crippen MR) is 35.0 cm³/mol. The van der Waals surface area contributed by atoms with Crippen molar-refractivity contribution in [1.82, 2.24) is 5.32 Å². The van der Waals surface area contributed by atoms with E-state index in [-0.39, 0.29) is 0 Å². The predicted octanol–water partition coefficient (Wildman–Crippen LogP) is 0.569. The number of carbonyl (C=O) groups is 2. The fraction of sp³-hybridized carbons (Fsp3) is 0. The van der Waals surface area contributed by atoms with Crippen molar-refractivity contribution in [2.45, 2.75) is 0 Å². The second-order valence-electron chi connectivity index (χ2n) is 1.21. The molecule has 0 saturated heterocycles. The highest BCUT2D eigenvalue weighted by Gasteiger charge is 1.91. The number of nitrogens with one attached hydrogen (secondary N) is 1. The fourth-order valence-electron chi connectivity index (χ4n) is 0.265. The van der Waals surface area contributed by atoms with Gasteiger partial charge in [0.05, 0.1) is 6.26 Å². The number of ether oxygens (including phenoxy) is 1. The summed E-state index contributed by atoms with van der Waals surface area (Å²) in [6.45, 7) is 3.15. The standard InChI is InChI=1S/C6H7NO3/c1-2-10-6(9)7-4-3-5-8/h2-5H,1H2,(H,7,9)/b4-3+. The molecule has 54 valence electrons. The highest BCUT2D eigenvalue weighted by Crippen LogP contribution is 1.75. The van der Waals surface area contributed by atoms with Crippen molar-refractivity contribution in [1.29, 1.82) is 0 Å². The largest absolute Gasteiger partial charge is 0.419 e. The fourth-order valence-corrected chi connectivity index (χ4v) is 0.265. The first kappa shape index (κ1) is 8.42. The van der Waals surface area contributed by atoms with Crippen LogP contribution in [0.25, 0.3) is 0 Å². The van der Waals surface area contributed by atoms with Crippen molar-refractivity contribution in [3.8, 4) is 0 Å². The Morgan fingerprint density at radius 3 is 2.80 bits per heavy atom. The van der Waals surface area contributed by atoms with Crippen LogP contribution in [0.1, 0.15) is 0 Å². The third kappa shape index (κ3) is 4.58. The number of allylic oxidation sites excluding steroid dienone is 1. The summed E-state index contributed by atoms with van der Waals surface area (Å²) in [5.74, 6) is 0. The minimum absolute atomic E-state index is 0.536. The SMILES string of the molecule is C=COC(=O)N/C=C/C=O. The molecule has 4 nitrogen and oxygen atoms in total. The highest BCUT2D eigenvalue weighted by molar-refractivity contribution is 5.71. The number of alkyl carbamates (subject to hydrolysis) is 1. The van der Waals surface area contributed by atoms with Gasteiger partial charge in [-0.15, -0.1) is 0 Å². The van der Waals surface area contributed by atoms with Crippen LogP contribution in [0.4, 0.5) is 4.79 Å². The second-order valence-corrected chi connectivity index (χ2v) is 1.21. The van der Waals surface area contributed by atoms with Gasteiger partial charge in [-0.05, 0) is 6.08 Å². The molecule has 0 aliphatic heterocycles. The monoisotopic (exact) mass is 141 g/mol. The van der Waals surface area contributed by atoms with Crippen molar-refractivity contribution < 1.29 is 14.3 Å². The van der Waals surface area contributed by atoms with Gasteiger partial charge < -0.3 is 4.74 Å². The van der Waals surface area contributed by atoms with Crippen LogP contribution < -0.4 is 5.32 Å². The van der Waals surface area contributed by atoms with Gasteiger partial charge in [-0.1, -0.05) is 6.58 Å². The third-order valence-corrected chi connectivity index (χ3v) is 0.566. The molecule has 0 rings (SSSR count). The molecule has 0 aromatic heterocycles. The number of hydrogen-bond acceptors (Lipinski definition) is 3. The molecular formula is C6H7NO3. The van der Waals surface area contributed by atoms with Gasteiger partial charge in [0.1, 0.15) is 6.29 Å². The van der Waals surface area contributed by atoms with E-state index in [0.29, 0.717) is 6.29 Å². The van der Waals surface area contributed by atoms with Crippen LogP contribution in [0.15, 0.2) is 25.1 Å². The average molecular weight is 141 g/mol. The Morgan fingerprint density at radius 1 is 1.60 bits per heavy atom. The summed E-state index contributed by atoms with van der Waals surface area (Å²) >= 11 is 0. The number of rotatable bonds is 3. The number of hydrogen-bond donors (Lipinski definition) is 1. The topological polar surface area (TPSA) is 55.4 Å². The Labute approximate surface area is 58.2 Å². The van der Waals surface area contributed by atoms with E-state index < -0.39 is 6.09 Å². The summed E-state index contributed by atoms with van der Waals surface area (Å²) in [7, 11) is 0. The van der Waals surface area contributed by atoms with E-state index in [0.717, 1.165) is 12.3 Å². The molecular weight excluding hydrogens is 134 g/mol. The average Bonchev–Trinajstić information content (AvgIpc) is 1.89. The van der Waals surface area contributed by atoms with Crippen LogP contribution >= 0.6 is 0 Å². The number of amides is 1. The summed E-state index contributed by atoms with van der Waals surface area (Å²) < 4.78 is 4.24. The summed E-state index contributed by atoms with van der Waals surface area (Å²) in [5.41, 5.74) is 0. The van der Waals surface area contributed by atoms with Gasteiger partial charge in [0.15, 0.2) is 0 Å². The molecule has 0 aromatic rings. The van der Waals surface area contributed by atoms with E-state index in [1.54, 1.807) is 0 Å². The molecule has 4 heteroatoms. The van der Waals surface area contributed by atoms with Crippen LogP contribution in [-0.2, 0) is 9.53 Å². The van der Waals surface area contributed by atoms with Gasteiger partial charge in [-0.3, -0.25) is 10.1 Å². The smallest absolute Gasteiger partial charge is 0.415 e. The first-order chi connectivity index (χ1) is 4.81. The van der Waals surface area contributed by atoms with Gasteiger partial charge in [0, 0.05) is 6.20 Å². The molecule has 1 amide bonds. The zero-order valence-electron chi connectivity index (χ0n) is 5.24. The maximum Gasteiger partial charge on any atom is 0.415 e. The van der Waals surface area contributed by atoms with Crippen LogP contribution in [0.5, 0.6) is 0 Å². The zero-order valence-corrected chi connectivity index (χ0v) is 5.24. The van der Waals surface area contributed by atoms with Gasteiger partial charge in [0.2, 0.25) is 0 Å². The van der Waals surface area contributed by atoms with Gasteiger partial charge in [0.25, 0.3) is 0 Å². The second kappa shape index (κ2) is 5.55. The molecule has 1 N–H and O–H groups in total. The Bertz CT molecular complexity index is 162. The Hall–Kier alpha value is -1.58. The summed E-state index contributed by atoms with van der Waals surface area (Å²) in [5, 5.41) is 2.14. The van der Waals surface area contributed by atoms with Crippen molar-refractivity contribution in [3.63, 3.8) is 0 Å². The number of carbonyl (C=O) groups excluding carboxylic acids is 2. The Balaban J connectivity index is 3.47. The van der Waals surface area contributed by atoms with E-state index in [1.165, 1.54) is 6.20 Å². The lowest BCUT2D eigenvalue weighted by Gasteiger charge is -1.93. The van der Waals surface area contributed by atoms with Crippen molar-refractivity contribution in [2.75, 3.05) is 0 Å². The Kier molecular flexibility index (Phi) is 4.68. The van der Waals surface area contributed by atoms with Crippen LogP contribution in [0.3, 0.4) is 0 Å². The molecule has 0 aliphatic rings. The molecule has 0 saturated carbocycles. The van der Waals surface area contributed by atoms with E-state index in [2.05, 4.69) is 16.6 Å². The lowest BCUT2D eigenvalue weighted by molar-refractivity contribution is -0.104. The molecule has 0 fully saturated rings. The maximum atomic E-state index is 10.3. The van der Waals surface area contributed by atoms with Crippen molar-refractivity contribution in [3.05, 3.63) is 25.1 Å². The van der Waals surface area contributed by atoms with E-state index in [9.17, 15) is 9.59 Å². The Morgan fingerprint density at radius 2 is 2.30 bits per heavy atom. The number of aldehydes is 1. The van der Waals surface area contributed by atoms with Gasteiger partial charge in [-0.2, -0.15) is 0 Å². The molecule has 0 unspecified atom stereocenters. The highest BCUT2D eigenvalue weighted by atomic mass is 16.5. The third-order valence-electron chi connectivity index (χ3n) is 0.566. The van der Waals surface area contributed by atoms with Crippen LogP contribution in [0.2, 0.25) is 0 Å². The van der Waals surface area contributed by atoms with Crippen molar-refractivity contribution in [2.24, 2.45) is 0 Å². The van der Waals surface area contributed by atoms with E-state index in [4.69, 9.17) is 0 Å². The van der Waals surface area contributed by atoms with Crippen LogP contribution in [0, 0.1) is 0 Å². The van der Waals surface area contributed by atoms with E-state index >= 15 is 0 Å². The lowest BCUT2D eigenvalue weighted by atomic mass is 10.7. The van der Waals surface area contributed by atoms with Gasteiger partial charge in [-0.25, -0.2) is 4.79 Å². The summed E-state index contributed by atoms with van der Waals surface area (Å²) in [6, 6.07) is 0. The minimum Gasteiger partial charge on any atom is -0.419 e. The summed E-state index contributed by atoms with van der Waals surface area (Å²) in [4.78, 5) is 20.0. The lowest BCUT2D eigenvalue weighted by Crippen LogP contribution is -2.15. The first-order valence-electron chi connectivity index (χ1n) is 2.49. The van der Waals surface area contributed by atoms with Crippen molar-refractivity contribution >= 4 is 12.4 Å². The molecule has 0 radical (unpaired) electrons. The molecule has 0 spiro atoms. The molecule has 0 atom stereocenters. The molecule has 0 heterocycles.